The highest BCUT2D eigenvalue weighted by atomic mass is 32.1. The zero-order valence-corrected chi connectivity index (χ0v) is 11.2. The molecule has 0 aliphatic rings. The summed E-state index contributed by atoms with van der Waals surface area (Å²) in [4.78, 5) is 27.1. The molecule has 100 valence electrons. The molecular formula is C12H12N2O4S. The third-order valence-corrected chi connectivity index (χ3v) is 3.30. The van der Waals surface area contributed by atoms with Gasteiger partial charge in [-0.05, 0) is 25.1 Å². The topological polar surface area (TPSA) is 91.5 Å². The fourth-order valence-electron chi connectivity index (χ4n) is 1.51. The largest absolute Gasteiger partial charge is 0.466 e. The van der Waals surface area contributed by atoms with Crippen LogP contribution in [0.15, 0.2) is 18.2 Å². The van der Waals surface area contributed by atoms with Gasteiger partial charge in [0.05, 0.1) is 22.9 Å². The highest BCUT2D eigenvalue weighted by molar-refractivity contribution is 7.22. The Hall–Kier alpha value is -2.15. The lowest BCUT2D eigenvalue weighted by Gasteiger charge is -2.10. The van der Waals surface area contributed by atoms with Gasteiger partial charge < -0.3 is 15.2 Å². The summed E-state index contributed by atoms with van der Waals surface area (Å²) in [5, 5.41) is 0.434. The molecular weight excluding hydrogens is 268 g/mol. The summed E-state index contributed by atoms with van der Waals surface area (Å²) in [5.41, 5.74) is 6.65. The second-order valence-corrected chi connectivity index (χ2v) is 4.87. The first kappa shape index (κ1) is 13.3. The Morgan fingerprint density at radius 3 is 2.84 bits per heavy atom. The molecule has 1 aromatic carbocycles. The van der Waals surface area contributed by atoms with E-state index in [1.54, 1.807) is 18.2 Å². The van der Waals surface area contributed by atoms with Crippen molar-refractivity contribution in [3.8, 4) is 0 Å². The third-order valence-electron chi connectivity index (χ3n) is 2.46. The van der Waals surface area contributed by atoms with Crippen molar-refractivity contribution in [2.75, 3.05) is 12.8 Å². The number of nitrogens with two attached hydrogens (primary N) is 1. The molecule has 0 aliphatic carbocycles. The quantitative estimate of drug-likeness (QED) is 0.858. The summed E-state index contributed by atoms with van der Waals surface area (Å²) in [6.07, 6.45) is -0.945. The number of esters is 2. The number of carbonyl (C=O) groups is 2. The fourth-order valence-corrected chi connectivity index (χ4v) is 2.29. The standard InChI is InChI=1S/C12H12N2O4S/c1-6(10(15)17-2)18-11(16)7-3-4-8-9(5-7)19-12(13)14-8/h3-6H,1-2H3,(H2,13,14)/t6-/m0/s1. The minimum atomic E-state index is -0.945. The van der Waals surface area contributed by atoms with E-state index < -0.39 is 18.0 Å². The number of fused-ring (bicyclic) bond motifs is 1. The predicted octanol–water partition coefficient (Wildman–Crippen LogP) is 1.60. The van der Waals surface area contributed by atoms with E-state index in [0.717, 1.165) is 10.2 Å². The summed E-state index contributed by atoms with van der Waals surface area (Å²) in [5.74, 6) is -1.19. The molecule has 0 amide bonds. The number of aromatic nitrogens is 1. The molecule has 0 saturated heterocycles. The highest BCUT2D eigenvalue weighted by Gasteiger charge is 2.19. The molecule has 2 rings (SSSR count). The molecule has 0 radical (unpaired) electrons. The number of hydrogen-bond acceptors (Lipinski definition) is 7. The normalized spacial score (nSPS) is 12.1. The highest BCUT2D eigenvalue weighted by Crippen LogP contribution is 2.24. The van der Waals surface area contributed by atoms with Crippen LogP contribution < -0.4 is 5.73 Å². The number of methoxy groups -OCH3 is 1. The molecule has 0 saturated carbocycles. The maximum Gasteiger partial charge on any atom is 0.346 e. The molecule has 1 atom stereocenters. The minimum Gasteiger partial charge on any atom is -0.466 e. The number of nitrogen functional groups attached to an aromatic ring is 1. The van der Waals surface area contributed by atoms with Crippen molar-refractivity contribution >= 4 is 38.6 Å². The van der Waals surface area contributed by atoms with Gasteiger partial charge in [0.15, 0.2) is 11.2 Å². The zero-order valence-electron chi connectivity index (χ0n) is 10.4. The van der Waals surface area contributed by atoms with Crippen molar-refractivity contribution in [3.05, 3.63) is 23.8 Å². The van der Waals surface area contributed by atoms with Crippen LogP contribution in [-0.2, 0) is 14.3 Å². The number of rotatable bonds is 3. The molecule has 2 aromatic rings. The molecule has 7 heteroatoms. The number of anilines is 1. The van der Waals surface area contributed by atoms with Gasteiger partial charge in [0.2, 0.25) is 0 Å². The van der Waals surface area contributed by atoms with Crippen LogP contribution in [0.3, 0.4) is 0 Å². The van der Waals surface area contributed by atoms with E-state index in [9.17, 15) is 9.59 Å². The molecule has 0 fully saturated rings. The molecule has 0 spiro atoms. The molecule has 1 heterocycles. The van der Waals surface area contributed by atoms with E-state index in [4.69, 9.17) is 10.5 Å². The van der Waals surface area contributed by atoms with Gasteiger partial charge >= 0.3 is 11.9 Å². The van der Waals surface area contributed by atoms with Crippen molar-refractivity contribution in [2.24, 2.45) is 0 Å². The summed E-state index contributed by atoms with van der Waals surface area (Å²) in [6.45, 7) is 1.45. The van der Waals surface area contributed by atoms with E-state index in [1.165, 1.54) is 25.4 Å². The van der Waals surface area contributed by atoms with Crippen LogP contribution in [0.5, 0.6) is 0 Å². The van der Waals surface area contributed by atoms with Gasteiger partial charge in [-0.15, -0.1) is 0 Å². The second kappa shape index (κ2) is 5.23. The molecule has 6 nitrogen and oxygen atoms in total. The average Bonchev–Trinajstić information content (AvgIpc) is 2.76. The Balaban J connectivity index is 2.19. The minimum absolute atomic E-state index is 0.340. The SMILES string of the molecule is COC(=O)[C@H](C)OC(=O)c1ccc2nc(N)sc2c1. The van der Waals surface area contributed by atoms with E-state index in [0.29, 0.717) is 10.7 Å². The first-order valence-electron chi connectivity index (χ1n) is 5.46. The van der Waals surface area contributed by atoms with E-state index >= 15 is 0 Å². The van der Waals surface area contributed by atoms with Gasteiger partial charge in [-0.3, -0.25) is 0 Å². The van der Waals surface area contributed by atoms with Crippen LogP contribution in [-0.4, -0.2) is 30.1 Å². The first-order valence-corrected chi connectivity index (χ1v) is 6.28. The summed E-state index contributed by atoms with van der Waals surface area (Å²) in [7, 11) is 1.23. The van der Waals surface area contributed by atoms with Crippen molar-refractivity contribution in [1.82, 2.24) is 4.98 Å². The number of nitrogens with zero attached hydrogens (tertiary/aromatic N) is 1. The Labute approximate surface area is 113 Å². The second-order valence-electron chi connectivity index (χ2n) is 3.81. The number of thiazole rings is 1. The van der Waals surface area contributed by atoms with Crippen molar-refractivity contribution in [2.45, 2.75) is 13.0 Å². The van der Waals surface area contributed by atoms with Gasteiger partial charge in [-0.2, -0.15) is 0 Å². The molecule has 19 heavy (non-hydrogen) atoms. The molecule has 2 N–H and O–H groups in total. The smallest absolute Gasteiger partial charge is 0.346 e. The lowest BCUT2D eigenvalue weighted by molar-refractivity contribution is -0.149. The zero-order chi connectivity index (χ0) is 14.0. The van der Waals surface area contributed by atoms with Gasteiger partial charge in [0.1, 0.15) is 0 Å². The maximum atomic E-state index is 11.8. The summed E-state index contributed by atoms with van der Waals surface area (Å²) < 4.78 is 10.3. The van der Waals surface area contributed by atoms with Gasteiger partial charge in [0.25, 0.3) is 0 Å². The Bertz CT molecular complexity index is 638. The molecule has 0 aliphatic heterocycles. The van der Waals surface area contributed by atoms with Crippen LogP contribution in [0.25, 0.3) is 10.2 Å². The van der Waals surface area contributed by atoms with Crippen molar-refractivity contribution in [1.29, 1.82) is 0 Å². The van der Waals surface area contributed by atoms with Crippen LogP contribution in [0.1, 0.15) is 17.3 Å². The number of benzene rings is 1. The maximum absolute atomic E-state index is 11.8. The fraction of sp³-hybridized carbons (Fsp3) is 0.250. The Morgan fingerprint density at radius 1 is 1.42 bits per heavy atom. The van der Waals surface area contributed by atoms with Gasteiger partial charge in [-0.1, -0.05) is 11.3 Å². The third kappa shape index (κ3) is 2.82. The monoisotopic (exact) mass is 280 g/mol. The number of hydrogen-bond donors (Lipinski definition) is 1. The summed E-state index contributed by atoms with van der Waals surface area (Å²) in [6, 6.07) is 4.89. The van der Waals surface area contributed by atoms with Gasteiger partial charge in [0, 0.05) is 0 Å². The Morgan fingerprint density at radius 2 is 2.16 bits per heavy atom. The van der Waals surface area contributed by atoms with Gasteiger partial charge in [-0.25, -0.2) is 14.6 Å². The summed E-state index contributed by atoms with van der Waals surface area (Å²) >= 11 is 1.28. The van der Waals surface area contributed by atoms with Crippen molar-refractivity contribution < 1.29 is 19.1 Å². The van der Waals surface area contributed by atoms with Crippen LogP contribution in [0.2, 0.25) is 0 Å². The predicted molar refractivity (Wildman–Crippen MR) is 70.9 cm³/mol. The van der Waals surface area contributed by atoms with Crippen molar-refractivity contribution in [3.63, 3.8) is 0 Å². The lowest BCUT2D eigenvalue weighted by atomic mass is 10.2. The van der Waals surface area contributed by atoms with Crippen LogP contribution >= 0.6 is 11.3 Å². The average molecular weight is 280 g/mol. The molecule has 0 unspecified atom stereocenters. The van der Waals surface area contributed by atoms with Crippen LogP contribution in [0, 0.1) is 0 Å². The van der Waals surface area contributed by atoms with E-state index in [2.05, 4.69) is 9.72 Å². The first-order chi connectivity index (χ1) is 9.01. The molecule has 0 bridgehead atoms. The van der Waals surface area contributed by atoms with E-state index in [1.807, 2.05) is 0 Å². The van der Waals surface area contributed by atoms with Crippen LogP contribution in [0.4, 0.5) is 5.13 Å². The number of ether oxygens (including phenoxy) is 2. The van der Waals surface area contributed by atoms with E-state index in [-0.39, 0.29) is 0 Å². The lowest BCUT2D eigenvalue weighted by Crippen LogP contribution is -2.25. The molecule has 1 aromatic heterocycles. The Kier molecular flexibility index (Phi) is 3.66. The number of carbonyl (C=O) groups excluding carboxylic acids is 2.